The fraction of sp³-hybridized carbons (Fsp3) is 0.667. The van der Waals surface area contributed by atoms with Gasteiger partial charge in [-0.05, 0) is 6.92 Å². The van der Waals surface area contributed by atoms with Gasteiger partial charge in [-0.3, -0.25) is 4.79 Å². The number of nitroso groups, excluding NO2 is 1. The van der Waals surface area contributed by atoms with Crippen molar-refractivity contribution in [3.8, 4) is 0 Å². The second-order valence-electron chi connectivity index (χ2n) is 2.25. The zero-order chi connectivity index (χ0) is 10.3. The number of ketones is 1. The summed E-state index contributed by atoms with van der Waals surface area (Å²) < 4.78 is 0. The van der Waals surface area contributed by atoms with Crippen LogP contribution in [0.4, 0.5) is 4.79 Å². The molecule has 0 aromatic carbocycles. The van der Waals surface area contributed by atoms with E-state index in [0.29, 0.717) is 5.01 Å². The SMILES string of the molecule is CC(=O)CNC(=O)N(CCCl)N=O. The molecule has 74 valence electrons. The molecule has 0 atom stereocenters. The molecule has 0 saturated carbocycles. The molecule has 0 rings (SSSR count). The molecular weight excluding hydrogens is 198 g/mol. The summed E-state index contributed by atoms with van der Waals surface area (Å²) in [7, 11) is 0. The van der Waals surface area contributed by atoms with Crippen LogP contribution in [0.5, 0.6) is 0 Å². The van der Waals surface area contributed by atoms with Crippen LogP contribution in [0, 0.1) is 4.91 Å². The first-order chi connectivity index (χ1) is 6.11. The molecule has 0 fully saturated rings. The first-order valence-corrected chi connectivity index (χ1v) is 4.09. The molecule has 0 aromatic heterocycles. The van der Waals surface area contributed by atoms with Gasteiger partial charge >= 0.3 is 6.03 Å². The van der Waals surface area contributed by atoms with Gasteiger partial charge in [-0.2, -0.15) is 5.01 Å². The van der Waals surface area contributed by atoms with E-state index in [1.54, 1.807) is 0 Å². The van der Waals surface area contributed by atoms with Crippen LogP contribution in [-0.2, 0) is 4.79 Å². The molecule has 13 heavy (non-hydrogen) atoms. The van der Waals surface area contributed by atoms with Crippen molar-refractivity contribution in [2.24, 2.45) is 5.29 Å². The van der Waals surface area contributed by atoms with Crippen LogP contribution in [0.2, 0.25) is 0 Å². The predicted octanol–water partition coefficient (Wildman–Crippen LogP) is 0.507. The van der Waals surface area contributed by atoms with E-state index in [9.17, 15) is 14.5 Å². The maximum absolute atomic E-state index is 11.0. The molecule has 0 heterocycles. The Balaban J connectivity index is 3.91. The lowest BCUT2D eigenvalue weighted by atomic mass is 10.4. The molecule has 0 aromatic rings. The summed E-state index contributed by atoms with van der Waals surface area (Å²) in [5.74, 6) is -0.0933. The highest BCUT2D eigenvalue weighted by Gasteiger charge is 2.12. The Hall–Kier alpha value is -1.17. The van der Waals surface area contributed by atoms with Crippen LogP contribution in [-0.4, -0.2) is 35.8 Å². The van der Waals surface area contributed by atoms with Crippen molar-refractivity contribution in [3.05, 3.63) is 4.91 Å². The quantitative estimate of drug-likeness (QED) is 0.405. The topological polar surface area (TPSA) is 78.8 Å². The lowest BCUT2D eigenvalue weighted by Crippen LogP contribution is -2.39. The molecule has 0 aliphatic carbocycles. The van der Waals surface area contributed by atoms with E-state index < -0.39 is 6.03 Å². The molecular formula is C6H10ClN3O3. The highest BCUT2D eigenvalue weighted by molar-refractivity contribution is 6.18. The van der Waals surface area contributed by atoms with Gasteiger partial charge in [0.25, 0.3) is 0 Å². The summed E-state index contributed by atoms with van der Waals surface area (Å²) in [6.07, 6.45) is 0. The monoisotopic (exact) mass is 207 g/mol. The number of urea groups is 1. The van der Waals surface area contributed by atoms with Crippen LogP contribution in [0.3, 0.4) is 0 Å². The van der Waals surface area contributed by atoms with Gasteiger partial charge in [-0.15, -0.1) is 16.5 Å². The van der Waals surface area contributed by atoms with Gasteiger partial charge in [0.15, 0.2) is 0 Å². The third-order valence-electron chi connectivity index (χ3n) is 1.12. The Kier molecular flexibility index (Phi) is 5.79. The highest BCUT2D eigenvalue weighted by Crippen LogP contribution is 1.91. The van der Waals surface area contributed by atoms with E-state index in [1.807, 2.05) is 0 Å². The summed E-state index contributed by atoms with van der Waals surface area (Å²) in [6, 6.07) is -0.717. The number of rotatable bonds is 5. The first-order valence-electron chi connectivity index (χ1n) is 3.56. The molecule has 0 spiro atoms. The molecule has 0 unspecified atom stereocenters. The van der Waals surface area contributed by atoms with Crippen LogP contribution < -0.4 is 5.32 Å². The minimum Gasteiger partial charge on any atom is -0.329 e. The highest BCUT2D eigenvalue weighted by atomic mass is 35.5. The molecule has 6 nitrogen and oxygen atoms in total. The largest absolute Gasteiger partial charge is 0.340 e. The maximum Gasteiger partial charge on any atom is 0.340 e. The minimum absolute atomic E-state index is 0.0226. The minimum atomic E-state index is -0.717. The van der Waals surface area contributed by atoms with E-state index in [2.05, 4.69) is 10.6 Å². The number of hydrogen-bond donors (Lipinski definition) is 1. The van der Waals surface area contributed by atoms with Crippen LogP contribution in [0.15, 0.2) is 5.29 Å². The van der Waals surface area contributed by atoms with E-state index in [-0.39, 0.29) is 24.8 Å². The van der Waals surface area contributed by atoms with Gasteiger partial charge in [-0.25, -0.2) is 4.79 Å². The van der Waals surface area contributed by atoms with E-state index in [1.165, 1.54) is 6.92 Å². The van der Waals surface area contributed by atoms with Crippen molar-refractivity contribution in [2.75, 3.05) is 19.0 Å². The standard InChI is InChI=1S/C6H10ClN3O3/c1-5(11)4-8-6(12)10(9-13)3-2-7/h2-4H2,1H3,(H,8,12). The average molecular weight is 208 g/mol. The van der Waals surface area contributed by atoms with Crippen molar-refractivity contribution in [1.29, 1.82) is 0 Å². The zero-order valence-corrected chi connectivity index (χ0v) is 7.87. The number of amides is 2. The van der Waals surface area contributed by atoms with E-state index in [0.717, 1.165) is 0 Å². The van der Waals surface area contributed by atoms with E-state index in [4.69, 9.17) is 11.6 Å². The van der Waals surface area contributed by atoms with Gasteiger partial charge in [0.2, 0.25) is 0 Å². The molecule has 2 amide bonds. The van der Waals surface area contributed by atoms with Crippen molar-refractivity contribution in [3.63, 3.8) is 0 Å². The van der Waals surface area contributed by atoms with E-state index >= 15 is 0 Å². The van der Waals surface area contributed by atoms with Gasteiger partial charge in [-0.1, -0.05) is 0 Å². The number of alkyl halides is 1. The predicted molar refractivity (Wildman–Crippen MR) is 47.3 cm³/mol. The second-order valence-corrected chi connectivity index (χ2v) is 2.63. The molecule has 1 N–H and O–H groups in total. The number of halogens is 1. The molecule has 0 aliphatic rings. The Bertz CT molecular complexity index is 209. The molecule has 0 aliphatic heterocycles. The number of nitrogens with zero attached hydrogens (tertiary/aromatic N) is 2. The summed E-state index contributed by atoms with van der Waals surface area (Å²) >= 11 is 5.29. The number of carbonyl (C=O) groups excluding carboxylic acids is 2. The second kappa shape index (κ2) is 6.36. The van der Waals surface area contributed by atoms with Crippen LogP contribution >= 0.6 is 11.6 Å². The maximum atomic E-state index is 11.0. The number of hydrogen-bond acceptors (Lipinski definition) is 4. The first kappa shape index (κ1) is 11.8. The Morgan fingerprint density at radius 2 is 2.15 bits per heavy atom. The molecule has 0 saturated heterocycles. The normalized spacial score (nSPS) is 9.08. The number of nitrogens with one attached hydrogen (secondary N) is 1. The lowest BCUT2D eigenvalue weighted by molar-refractivity contribution is -0.116. The molecule has 0 bridgehead atoms. The fourth-order valence-electron chi connectivity index (χ4n) is 0.551. The third-order valence-corrected chi connectivity index (χ3v) is 1.29. The number of carbonyl (C=O) groups is 2. The average Bonchev–Trinajstić information content (AvgIpc) is 2.10. The van der Waals surface area contributed by atoms with Crippen LogP contribution in [0.1, 0.15) is 6.92 Å². The molecule has 7 heteroatoms. The summed E-state index contributed by atoms with van der Waals surface area (Å²) in [6.45, 7) is 1.22. The lowest BCUT2D eigenvalue weighted by Gasteiger charge is -2.11. The van der Waals surface area contributed by atoms with Gasteiger partial charge in [0.1, 0.15) is 5.78 Å². The Morgan fingerprint density at radius 1 is 1.54 bits per heavy atom. The Labute approximate surface area is 80.2 Å². The molecule has 0 radical (unpaired) electrons. The number of Topliss-reactive ketones (excluding diaryl/α,β-unsaturated/α-hetero) is 1. The zero-order valence-electron chi connectivity index (χ0n) is 7.12. The summed E-state index contributed by atoms with van der Waals surface area (Å²) in [5.41, 5.74) is 0. The summed E-state index contributed by atoms with van der Waals surface area (Å²) in [4.78, 5) is 31.5. The fourth-order valence-corrected chi connectivity index (χ4v) is 0.711. The smallest absolute Gasteiger partial charge is 0.329 e. The summed E-state index contributed by atoms with van der Waals surface area (Å²) in [5, 5.41) is 5.26. The van der Waals surface area contributed by atoms with Crippen LogP contribution in [0.25, 0.3) is 0 Å². The van der Waals surface area contributed by atoms with Crippen molar-refractivity contribution < 1.29 is 9.59 Å². The third kappa shape index (κ3) is 5.13. The van der Waals surface area contributed by atoms with Gasteiger partial charge in [0.05, 0.1) is 18.4 Å². The van der Waals surface area contributed by atoms with Crippen molar-refractivity contribution >= 4 is 23.4 Å². The van der Waals surface area contributed by atoms with Gasteiger partial charge in [0, 0.05) is 5.88 Å². The van der Waals surface area contributed by atoms with Gasteiger partial charge < -0.3 is 5.32 Å². The van der Waals surface area contributed by atoms with Crippen molar-refractivity contribution in [1.82, 2.24) is 10.3 Å². The Morgan fingerprint density at radius 3 is 2.54 bits per heavy atom. The van der Waals surface area contributed by atoms with Crippen molar-refractivity contribution in [2.45, 2.75) is 6.92 Å².